The molecule has 0 spiro atoms. The second kappa shape index (κ2) is 9.49. The predicted molar refractivity (Wildman–Crippen MR) is 123 cm³/mol. The molecule has 3 aliphatic rings. The Morgan fingerprint density at radius 2 is 2.00 bits per heavy atom. The fraction of sp³-hybridized carbons (Fsp3) is 0.480. The van der Waals surface area contributed by atoms with E-state index in [0.29, 0.717) is 19.5 Å². The molecule has 0 radical (unpaired) electrons. The number of methoxy groups -OCH3 is 1. The van der Waals surface area contributed by atoms with Crippen LogP contribution in [0.4, 0.5) is 0 Å². The first-order valence-electron chi connectivity index (χ1n) is 11.8. The Morgan fingerprint density at radius 1 is 1.15 bits per heavy atom. The zero-order valence-electron chi connectivity index (χ0n) is 18.9. The Labute approximate surface area is 194 Å². The number of hydrogen-bond donors (Lipinski definition) is 2. The molecule has 0 bridgehead atoms. The summed E-state index contributed by atoms with van der Waals surface area (Å²) in [5, 5.41) is 5.23. The zero-order chi connectivity index (χ0) is 22.8. The summed E-state index contributed by atoms with van der Waals surface area (Å²) in [5.74, 6) is 0.898. The van der Waals surface area contributed by atoms with Gasteiger partial charge in [-0.15, -0.1) is 0 Å². The largest absolute Gasteiger partial charge is 0.497 e. The van der Waals surface area contributed by atoms with E-state index in [-0.39, 0.29) is 35.9 Å². The number of carbonyl (C=O) groups excluding carboxylic acids is 2. The second-order valence-electron chi connectivity index (χ2n) is 9.12. The minimum absolute atomic E-state index is 0.000743. The van der Waals surface area contributed by atoms with Gasteiger partial charge in [-0.05, 0) is 55.5 Å². The molecular formula is C25H31N5O3. The van der Waals surface area contributed by atoms with Gasteiger partial charge in [0.05, 0.1) is 19.3 Å². The lowest BCUT2D eigenvalue weighted by Crippen LogP contribution is -2.68. The second-order valence-corrected chi connectivity index (χ2v) is 9.12. The van der Waals surface area contributed by atoms with Crippen molar-refractivity contribution in [3.8, 4) is 5.75 Å². The van der Waals surface area contributed by atoms with E-state index in [9.17, 15) is 9.59 Å². The molecule has 33 heavy (non-hydrogen) atoms. The first-order valence-corrected chi connectivity index (χ1v) is 11.8. The van der Waals surface area contributed by atoms with E-state index in [1.807, 2.05) is 47.4 Å². The minimum atomic E-state index is -0.112. The van der Waals surface area contributed by atoms with Gasteiger partial charge in [-0.3, -0.25) is 20.0 Å². The van der Waals surface area contributed by atoms with Crippen molar-refractivity contribution in [1.82, 2.24) is 25.6 Å². The van der Waals surface area contributed by atoms with E-state index in [1.165, 1.54) is 0 Å². The highest BCUT2D eigenvalue weighted by Crippen LogP contribution is 2.38. The number of amides is 2. The van der Waals surface area contributed by atoms with E-state index in [4.69, 9.17) is 4.74 Å². The number of nitrogens with one attached hydrogen (secondary N) is 2. The monoisotopic (exact) mass is 449 g/mol. The van der Waals surface area contributed by atoms with Crippen LogP contribution in [-0.4, -0.2) is 58.5 Å². The lowest BCUT2D eigenvalue weighted by molar-refractivity contribution is -0.157. The summed E-state index contributed by atoms with van der Waals surface area (Å²) in [7, 11) is 1.65. The molecule has 8 nitrogen and oxygen atoms in total. The average molecular weight is 450 g/mol. The van der Waals surface area contributed by atoms with Crippen LogP contribution in [0.5, 0.6) is 5.75 Å². The van der Waals surface area contributed by atoms with Crippen LogP contribution < -0.4 is 15.5 Å². The predicted octanol–water partition coefficient (Wildman–Crippen LogP) is 1.87. The van der Waals surface area contributed by atoms with Crippen molar-refractivity contribution >= 4 is 11.8 Å². The van der Waals surface area contributed by atoms with E-state index in [1.54, 1.807) is 13.3 Å². The van der Waals surface area contributed by atoms with Crippen LogP contribution in [-0.2, 0) is 22.7 Å². The molecule has 1 aliphatic carbocycles. The molecule has 2 saturated heterocycles. The first-order chi connectivity index (χ1) is 16.1. The van der Waals surface area contributed by atoms with Crippen molar-refractivity contribution in [2.75, 3.05) is 13.7 Å². The number of pyridine rings is 1. The fourth-order valence-electron chi connectivity index (χ4n) is 5.50. The van der Waals surface area contributed by atoms with E-state index < -0.39 is 0 Å². The maximum atomic E-state index is 13.5. The zero-order valence-corrected chi connectivity index (χ0v) is 18.9. The number of benzene rings is 1. The Morgan fingerprint density at radius 3 is 2.76 bits per heavy atom. The molecule has 2 N–H and O–H groups in total. The number of ether oxygens (including phenoxy) is 1. The summed E-state index contributed by atoms with van der Waals surface area (Å²) in [5.41, 5.74) is 5.36. The molecule has 2 aliphatic heterocycles. The van der Waals surface area contributed by atoms with Crippen molar-refractivity contribution < 1.29 is 14.3 Å². The summed E-state index contributed by atoms with van der Waals surface area (Å²) in [6, 6.07) is 13.7. The number of hydrazine groups is 1. The average Bonchev–Trinajstić information content (AvgIpc) is 3.36. The normalized spacial score (nSPS) is 27.1. The summed E-state index contributed by atoms with van der Waals surface area (Å²) in [6.45, 7) is 1.80. The number of piperazine rings is 1. The maximum absolute atomic E-state index is 13.5. The molecule has 4 unspecified atom stereocenters. The SMILES string of the molecule is COc1ccc(CN2C(=O)C3CCNN3C3CCC(C(=O)NCc4ccccn4)CC32)cc1. The summed E-state index contributed by atoms with van der Waals surface area (Å²) in [4.78, 5) is 32.8. The molecule has 3 heterocycles. The molecule has 5 rings (SSSR count). The molecule has 1 aromatic heterocycles. The fourth-order valence-corrected chi connectivity index (χ4v) is 5.50. The van der Waals surface area contributed by atoms with Crippen LogP contribution in [0, 0.1) is 5.92 Å². The molecule has 3 fully saturated rings. The lowest BCUT2D eigenvalue weighted by atomic mass is 9.78. The van der Waals surface area contributed by atoms with Gasteiger partial charge in [0.1, 0.15) is 11.8 Å². The Hall–Kier alpha value is -2.97. The Balaban J connectivity index is 1.31. The van der Waals surface area contributed by atoms with Crippen molar-refractivity contribution in [2.24, 2.45) is 5.92 Å². The van der Waals surface area contributed by atoms with Crippen molar-refractivity contribution in [3.05, 3.63) is 59.9 Å². The van der Waals surface area contributed by atoms with Crippen LogP contribution >= 0.6 is 0 Å². The summed E-state index contributed by atoms with van der Waals surface area (Å²) < 4.78 is 5.27. The van der Waals surface area contributed by atoms with Gasteiger partial charge in [-0.25, -0.2) is 5.01 Å². The molecule has 4 atom stereocenters. The maximum Gasteiger partial charge on any atom is 0.242 e. The van der Waals surface area contributed by atoms with E-state index in [0.717, 1.165) is 42.8 Å². The van der Waals surface area contributed by atoms with Crippen LogP contribution in [0.1, 0.15) is 36.9 Å². The number of fused-ring (bicyclic) bond motifs is 3. The smallest absolute Gasteiger partial charge is 0.242 e. The summed E-state index contributed by atoms with van der Waals surface area (Å²) >= 11 is 0. The molecule has 1 saturated carbocycles. The van der Waals surface area contributed by atoms with Crippen molar-refractivity contribution in [2.45, 2.75) is 56.9 Å². The topological polar surface area (TPSA) is 86.8 Å². The lowest BCUT2D eigenvalue weighted by Gasteiger charge is -2.51. The third-order valence-corrected chi connectivity index (χ3v) is 7.21. The third kappa shape index (κ3) is 4.45. The molecule has 2 aromatic rings. The van der Waals surface area contributed by atoms with Gasteiger partial charge >= 0.3 is 0 Å². The van der Waals surface area contributed by atoms with Crippen LogP contribution in [0.2, 0.25) is 0 Å². The number of carbonyl (C=O) groups is 2. The Kier molecular flexibility index (Phi) is 6.28. The highest BCUT2D eigenvalue weighted by atomic mass is 16.5. The number of rotatable bonds is 6. The highest BCUT2D eigenvalue weighted by Gasteiger charge is 2.51. The van der Waals surface area contributed by atoms with Gasteiger partial charge in [0.2, 0.25) is 11.8 Å². The minimum Gasteiger partial charge on any atom is -0.497 e. The van der Waals surface area contributed by atoms with E-state index in [2.05, 4.69) is 20.7 Å². The van der Waals surface area contributed by atoms with Crippen LogP contribution in [0.25, 0.3) is 0 Å². The van der Waals surface area contributed by atoms with Gasteiger partial charge < -0.3 is 15.0 Å². The van der Waals surface area contributed by atoms with Crippen molar-refractivity contribution in [3.63, 3.8) is 0 Å². The molecule has 2 amide bonds. The first kappa shape index (κ1) is 21.9. The van der Waals surface area contributed by atoms with Gasteiger partial charge in [0.25, 0.3) is 0 Å². The number of aromatic nitrogens is 1. The van der Waals surface area contributed by atoms with Crippen molar-refractivity contribution in [1.29, 1.82) is 0 Å². The van der Waals surface area contributed by atoms with Gasteiger partial charge in [0.15, 0.2) is 0 Å². The molecule has 8 heteroatoms. The van der Waals surface area contributed by atoms with Gasteiger partial charge in [-0.1, -0.05) is 18.2 Å². The van der Waals surface area contributed by atoms with Gasteiger partial charge in [-0.2, -0.15) is 0 Å². The highest BCUT2D eigenvalue weighted by molar-refractivity contribution is 5.84. The quantitative estimate of drug-likeness (QED) is 0.700. The van der Waals surface area contributed by atoms with E-state index >= 15 is 0 Å². The standard InChI is InChI=1S/C25H31N5O3/c1-33-20-8-5-17(6-9-20)16-29-23-14-18(24(31)27-15-19-4-2-3-12-26-19)7-10-21(23)30-22(25(29)32)11-13-28-30/h2-6,8-9,12,18,21-23,28H,7,10-11,13-16H2,1H3,(H,27,31). The number of nitrogens with zero attached hydrogens (tertiary/aromatic N) is 3. The van der Waals surface area contributed by atoms with Crippen LogP contribution in [0.3, 0.4) is 0 Å². The summed E-state index contributed by atoms with van der Waals surface area (Å²) in [6.07, 6.45) is 4.95. The van der Waals surface area contributed by atoms with Gasteiger partial charge in [0, 0.05) is 37.3 Å². The number of hydrogen-bond acceptors (Lipinski definition) is 6. The van der Waals surface area contributed by atoms with Crippen LogP contribution in [0.15, 0.2) is 48.7 Å². The Bertz CT molecular complexity index is 983. The molecule has 174 valence electrons. The molecular weight excluding hydrogens is 418 g/mol. The molecule has 1 aromatic carbocycles. The third-order valence-electron chi connectivity index (χ3n) is 7.21.